The van der Waals surface area contributed by atoms with Crippen LogP contribution in [0.2, 0.25) is 0 Å². The van der Waals surface area contributed by atoms with Gasteiger partial charge in [0.2, 0.25) is 5.91 Å². The molecule has 0 aliphatic carbocycles. The lowest BCUT2D eigenvalue weighted by molar-refractivity contribution is -0.120. The Hall–Kier alpha value is -2.62. The molecular formula is C18H20N2O2. The van der Waals surface area contributed by atoms with Gasteiger partial charge in [-0.2, -0.15) is 0 Å². The summed E-state index contributed by atoms with van der Waals surface area (Å²) in [5.41, 5.74) is 7.94. The molecule has 0 radical (unpaired) electrons. The number of rotatable bonds is 5. The van der Waals surface area contributed by atoms with Gasteiger partial charge in [0.05, 0.1) is 0 Å². The third-order valence-electron chi connectivity index (χ3n) is 3.51. The van der Waals surface area contributed by atoms with Gasteiger partial charge in [0.15, 0.2) is 0 Å². The summed E-state index contributed by atoms with van der Waals surface area (Å²) in [4.78, 5) is 23.5. The van der Waals surface area contributed by atoms with E-state index in [0.717, 1.165) is 11.1 Å². The summed E-state index contributed by atoms with van der Waals surface area (Å²) >= 11 is 0. The van der Waals surface area contributed by atoms with E-state index in [1.165, 1.54) is 0 Å². The molecule has 2 aromatic carbocycles. The average molecular weight is 296 g/mol. The third kappa shape index (κ3) is 3.73. The first-order valence-electron chi connectivity index (χ1n) is 7.24. The monoisotopic (exact) mass is 296 g/mol. The number of nitrogens with one attached hydrogen (secondary N) is 1. The Labute approximate surface area is 130 Å². The fraction of sp³-hybridized carbons (Fsp3) is 0.222. The second-order valence-electron chi connectivity index (χ2n) is 5.54. The molecule has 0 saturated heterocycles. The van der Waals surface area contributed by atoms with Gasteiger partial charge in [-0.05, 0) is 29.2 Å². The summed E-state index contributed by atoms with van der Waals surface area (Å²) < 4.78 is 0. The van der Waals surface area contributed by atoms with Crippen LogP contribution in [0.1, 0.15) is 24.2 Å². The molecule has 1 atom stereocenters. The van der Waals surface area contributed by atoms with Gasteiger partial charge in [-0.3, -0.25) is 9.59 Å². The Morgan fingerprint density at radius 1 is 0.909 bits per heavy atom. The molecule has 0 aliphatic rings. The smallest absolute Gasteiger partial charge is 0.251 e. The van der Waals surface area contributed by atoms with Crippen molar-refractivity contribution in [3.63, 3.8) is 0 Å². The van der Waals surface area contributed by atoms with Gasteiger partial charge >= 0.3 is 0 Å². The fourth-order valence-corrected chi connectivity index (χ4v) is 2.24. The molecule has 0 aliphatic heterocycles. The number of hydrogen-bond donors (Lipinski definition) is 2. The number of hydrogen-bond acceptors (Lipinski definition) is 2. The van der Waals surface area contributed by atoms with Crippen molar-refractivity contribution >= 4 is 11.8 Å². The first-order chi connectivity index (χ1) is 10.5. The molecule has 0 heterocycles. The SMILES string of the molecule is CC(C)[C@@H](NC(=O)c1ccc(-c2ccccc2)cc1)C(N)=O. The summed E-state index contributed by atoms with van der Waals surface area (Å²) in [5.74, 6) is -0.869. The summed E-state index contributed by atoms with van der Waals surface area (Å²) in [6, 6.07) is 16.5. The molecule has 0 unspecified atom stereocenters. The topological polar surface area (TPSA) is 72.2 Å². The van der Waals surface area contributed by atoms with Crippen molar-refractivity contribution in [3.8, 4) is 11.1 Å². The van der Waals surface area contributed by atoms with Crippen molar-refractivity contribution in [1.29, 1.82) is 0 Å². The van der Waals surface area contributed by atoms with Crippen LogP contribution in [0.3, 0.4) is 0 Å². The molecule has 2 aromatic rings. The van der Waals surface area contributed by atoms with Gasteiger partial charge in [0.1, 0.15) is 6.04 Å². The van der Waals surface area contributed by atoms with Crippen LogP contribution >= 0.6 is 0 Å². The zero-order valence-corrected chi connectivity index (χ0v) is 12.7. The van der Waals surface area contributed by atoms with E-state index in [2.05, 4.69) is 5.32 Å². The molecule has 2 rings (SSSR count). The van der Waals surface area contributed by atoms with E-state index in [1.807, 2.05) is 56.3 Å². The van der Waals surface area contributed by atoms with E-state index in [1.54, 1.807) is 12.1 Å². The molecule has 0 spiro atoms. The number of amides is 2. The largest absolute Gasteiger partial charge is 0.368 e. The van der Waals surface area contributed by atoms with Crippen molar-refractivity contribution in [2.45, 2.75) is 19.9 Å². The van der Waals surface area contributed by atoms with Crippen LogP contribution in [0.15, 0.2) is 54.6 Å². The van der Waals surface area contributed by atoms with E-state index in [9.17, 15) is 9.59 Å². The molecule has 0 bridgehead atoms. The van der Waals surface area contributed by atoms with Crippen molar-refractivity contribution in [3.05, 3.63) is 60.2 Å². The number of carbonyl (C=O) groups is 2. The predicted octanol–water partition coefficient (Wildman–Crippen LogP) is 2.59. The van der Waals surface area contributed by atoms with Crippen molar-refractivity contribution in [2.24, 2.45) is 11.7 Å². The van der Waals surface area contributed by atoms with Gasteiger partial charge in [-0.25, -0.2) is 0 Å². The maximum atomic E-state index is 12.2. The molecule has 22 heavy (non-hydrogen) atoms. The Bertz CT molecular complexity index is 649. The molecule has 114 valence electrons. The van der Waals surface area contributed by atoms with Crippen LogP contribution in [-0.4, -0.2) is 17.9 Å². The normalized spacial score (nSPS) is 12.0. The zero-order chi connectivity index (χ0) is 16.1. The third-order valence-corrected chi connectivity index (χ3v) is 3.51. The van der Waals surface area contributed by atoms with E-state index < -0.39 is 11.9 Å². The highest BCUT2D eigenvalue weighted by Crippen LogP contribution is 2.19. The van der Waals surface area contributed by atoms with E-state index in [-0.39, 0.29) is 11.8 Å². The van der Waals surface area contributed by atoms with Gasteiger partial charge < -0.3 is 11.1 Å². The highest BCUT2D eigenvalue weighted by molar-refractivity contribution is 5.97. The average Bonchev–Trinajstić information content (AvgIpc) is 2.52. The Kier molecular flexibility index (Phi) is 4.94. The maximum absolute atomic E-state index is 12.2. The van der Waals surface area contributed by atoms with Crippen LogP contribution in [0, 0.1) is 5.92 Å². The summed E-state index contributed by atoms with van der Waals surface area (Å²) in [6.45, 7) is 3.68. The standard InChI is InChI=1S/C18H20N2O2/c1-12(2)16(17(19)21)20-18(22)15-10-8-14(9-11-15)13-6-4-3-5-7-13/h3-12,16H,1-2H3,(H2,19,21)(H,20,22)/t16-/m1/s1. The van der Waals surface area contributed by atoms with E-state index in [0.29, 0.717) is 5.56 Å². The predicted molar refractivity (Wildman–Crippen MR) is 87.2 cm³/mol. The van der Waals surface area contributed by atoms with Crippen molar-refractivity contribution in [1.82, 2.24) is 5.32 Å². The van der Waals surface area contributed by atoms with Crippen LogP contribution in [0.5, 0.6) is 0 Å². The lowest BCUT2D eigenvalue weighted by Gasteiger charge is -2.19. The Morgan fingerprint density at radius 3 is 1.95 bits per heavy atom. The summed E-state index contributed by atoms with van der Waals surface area (Å²) in [5, 5.41) is 2.68. The molecule has 3 N–H and O–H groups in total. The zero-order valence-electron chi connectivity index (χ0n) is 12.7. The molecule has 4 nitrogen and oxygen atoms in total. The molecule has 4 heteroatoms. The number of nitrogens with two attached hydrogens (primary N) is 1. The van der Waals surface area contributed by atoms with Crippen LogP contribution in [0.25, 0.3) is 11.1 Å². The summed E-state index contributed by atoms with van der Waals surface area (Å²) in [7, 11) is 0. The maximum Gasteiger partial charge on any atom is 0.251 e. The number of benzene rings is 2. The van der Waals surface area contributed by atoms with Crippen molar-refractivity contribution in [2.75, 3.05) is 0 Å². The Morgan fingerprint density at radius 2 is 1.45 bits per heavy atom. The quantitative estimate of drug-likeness (QED) is 0.890. The molecule has 0 fully saturated rings. The second kappa shape index (κ2) is 6.89. The number of carbonyl (C=O) groups excluding carboxylic acids is 2. The highest BCUT2D eigenvalue weighted by Gasteiger charge is 2.22. The minimum absolute atomic E-state index is 0.0509. The lowest BCUT2D eigenvalue weighted by atomic mass is 10.0. The van der Waals surface area contributed by atoms with Gasteiger partial charge in [0.25, 0.3) is 5.91 Å². The van der Waals surface area contributed by atoms with Crippen LogP contribution in [-0.2, 0) is 4.79 Å². The second-order valence-corrected chi connectivity index (χ2v) is 5.54. The fourth-order valence-electron chi connectivity index (χ4n) is 2.24. The van der Waals surface area contributed by atoms with Gasteiger partial charge in [-0.1, -0.05) is 56.3 Å². The minimum atomic E-state index is -0.665. The van der Waals surface area contributed by atoms with Crippen LogP contribution in [0.4, 0.5) is 0 Å². The summed E-state index contributed by atoms with van der Waals surface area (Å²) in [6.07, 6.45) is 0. The lowest BCUT2D eigenvalue weighted by Crippen LogP contribution is -2.47. The van der Waals surface area contributed by atoms with E-state index in [4.69, 9.17) is 5.73 Å². The van der Waals surface area contributed by atoms with Gasteiger partial charge in [0, 0.05) is 5.56 Å². The molecule has 0 saturated carbocycles. The molecule has 2 amide bonds. The Balaban J connectivity index is 2.13. The highest BCUT2D eigenvalue weighted by atomic mass is 16.2. The molecular weight excluding hydrogens is 276 g/mol. The first-order valence-corrected chi connectivity index (χ1v) is 7.24. The van der Waals surface area contributed by atoms with Crippen molar-refractivity contribution < 1.29 is 9.59 Å². The minimum Gasteiger partial charge on any atom is -0.368 e. The number of primary amides is 1. The molecule has 0 aromatic heterocycles. The van der Waals surface area contributed by atoms with Gasteiger partial charge in [-0.15, -0.1) is 0 Å². The van der Waals surface area contributed by atoms with E-state index >= 15 is 0 Å². The van der Waals surface area contributed by atoms with Crippen LogP contribution < -0.4 is 11.1 Å². The first kappa shape index (κ1) is 15.8.